The molecular weight excluding hydrogens is 167 g/mol. The molecule has 0 N–H and O–H groups in total. The summed E-state index contributed by atoms with van der Waals surface area (Å²) in [5.74, 6) is 0. The first kappa shape index (κ1) is 5.96. The minimum atomic E-state index is 1.58. The predicted molar refractivity (Wildman–Crippen MR) is 31.1 cm³/mol. The Morgan fingerprint density at radius 2 is 2.40 bits per heavy atom. The van der Waals surface area contributed by atoms with Crippen LogP contribution < -0.4 is 0 Å². The fraction of sp³-hybridized carbons (Fsp3) is 0. The van der Waals surface area contributed by atoms with Gasteiger partial charge in [-0.3, -0.25) is 0 Å². The monoisotopic (exact) mass is 171 g/mol. The summed E-state index contributed by atoms with van der Waals surface area (Å²) in [5.41, 5.74) is 0. The van der Waals surface area contributed by atoms with E-state index in [4.69, 9.17) is 0 Å². The topological polar surface area (TPSA) is 0 Å². The second kappa shape index (κ2) is 4.96. The summed E-state index contributed by atoms with van der Waals surface area (Å²) < 4.78 is 0. The molecule has 29 valence electrons. The molecule has 0 aliphatic heterocycles. The first-order chi connectivity index (χ1) is 2.41. The Hall–Kier alpha value is 0.959. The third kappa shape index (κ3) is 4.96. The Kier molecular flexibility index (Phi) is 5.91. The van der Waals surface area contributed by atoms with E-state index < -0.39 is 0 Å². The van der Waals surface area contributed by atoms with Gasteiger partial charge in [-0.1, -0.05) is 0 Å². The maximum absolute atomic E-state index is 3.47. The van der Waals surface area contributed by atoms with Crippen LogP contribution in [0.1, 0.15) is 0 Å². The molecule has 0 unspecified atom stereocenters. The van der Waals surface area contributed by atoms with Crippen LogP contribution in [-0.4, -0.2) is 14.9 Å². The Labute approximate surface area is 47.1 Å². The SMILES string of the molecule is C=CSS[Se]. The van der Waals surface area contributed by atoms with Crippen molar-refractivity contribution >= 4 is 34.9 Å². The van der Waals surface area contributed by atoms with E-state index in [9.17, 15) is 0 Å². The van der Waals surface area contributed by atoms with E-state index in [0.717, 1.165) is 0 Å². The van der Waals surface area contributed by atoms with Gasteiger partial charge in [-0.15, -0.1) is 0 Å². The normalized spacial score (nSPS) is 7.40. The number of hydrogen-bond acceptors (Lipinski definition) is 2. The summed E-state index contributed by atoms with van der Waals surface area (Å²) in [4.78, 5) is 0. The molecule has 0 heterocycles. The molecule has 0 aromatic heterocycles. The van der Waals surface area contributed by atoms with Gasteiger partial charge in [0, 0.05) is 0 Å². The summed E-state index contributed by atoms with van der Waals surface area (Å²) in [5, 5.41) is 1.78. The third-order valence-electron chi connectivity index (χ3n) is 0.107. The van der Waals surface area contributed by atoms with Gasteiger partial charge < -0.3 is 0 Å². The Bertz CT molecular complexity index is 28.8. The molecular formula is C2H3S2Se. The van der Waals surface area contributed by atoms with Crippen LogP contribution in [-0.2, 0) is 0 Å². The van der Waals surface area contributed by atoms with Crippen LogP contribution >= 0.6 is 20.0 Å². The second-order valence-electron chi connectivity index (χ2n) is 0.331. The first-order valence-electron chi connectivity index (χ1n) is 0.977. The maximum atomic E-state index is 3.47. The molecule has 0 saturated carbocycles. The fourth-order valence-corrected chi connectivity index (χ4v) is 1.30. The molecule has 0 fully saturated rings. The van der Waals surface area contributed by atoms with Crippen LogP contribution in [0.25, 0.3) is 0 Å². The van der Waals surface area contributed by atoms with Crippen molar-refractivity contribution in [3.05, 3.63) is 12.0 Å². The van der Waals surface area contributed by atoms with E-state index in [1.807, 2.05) is 0 Å². The number of rotatable bonds is 2. The van der Waals surface area contributed by atoms with Crippen molar-refractivity contribution in [3.8, 4) is 0 Å². The predicted octanol–water partition coefficient (Wildman–Crippen LogP) is 1.59. The molecule has 0 rings (SSSR count). The van der Waals surface area contributed by atoms with Crippen LogP contribution in [0.5, 0.6) is 0 Å². The molecule has 0 atom stereocenters. The Balaban J connectivity index is 2.40. The van der Waals surface area contributed by atoms with Crippen molar-refractivity contribution < 1.29 is 0 Å². The van der Waals surface area contributed by atoms with E-state index in [-0.39, 0.29) is 0 Å². The molecule has 0 aliphatic carbocycles. The molecule has 1 radical (unpaired) electrons. The van der Waals surface area contributed by atoms with Crippen molar-refractivity contribution in [2.75, 3.05) is 0 Å². The van der Waals surface area contributed by atoms with Crippen molar-refractivity contribution in [1.82, 2.24) is 0 Å². The average Bonchev–Trinajstić information content (AvgIpc) is 1.41. The van der Waals surface area contributed by atoms with Gasteiger partial charge in [-0.25, -0.2) is 0 Å². The van der Waals surface area contributed by atoms with Gasteiger partial charge >= 0.3 is 46.9 Å². The average molecular weight is 170 g/mol. The zero-order chi connectivity index (χ0) is 4.12. The summed E-state index contributed by atoms with van der Waals surface area (Å²) in [7, 11) is 3.16. The van der Waals surface area contributed by atoms with Gasteiger partial charge in [0.15, 0.2) is 0 Å². The van der Waals surface area contributed by atoms with Crippen LogP contribution in [0.3, 0.4) is 0 Å². The minimum absolute atomic E-state index is 1.58. The Morgan fingerprint density at radius 3 is 2.40 bits per heavy atom. The molecule has 5 heavy (non-hydrogen) atoms. The van der Waals surface area contributed by atoms with Crippen molar-refractivity contribution in [3.63, 3.8) is 0 Å². The first-order valence-corrected chi connectivity index (χ1v) is 5.21. The second-order valence-corrected chi connectivity index (χ2v) is 4.55. The van der Waals surface area contributed by atoms with Gasteiger partial charge in [0.25, 0.3) is 0 Å². The zero-order valence-electron chi connectivity index (χ0n) is 2.51. The molecule has 0 saturated heterocycles. The van der Waals surface area contributed by atoms with E-state index >= 15 is 0 Å². The van der Waals surface area contributed by atoms with E-state index in [1.54, 1.807) is 25.4 Å². The molecule has 0 amide bonds. The van der Waals surface area contributed by atoms with Gasteiger partial charge in [-0.2, -0.15) is 0 Å². The van der Waals surface area contributed by atoms with E-state index in [1.165, 1.54) is 0 Å². The van der Waals surface area contributed by atoms with Crippen LogP contribution in [0, 0.1) is 0 Å². The zero-order valence-corrected chi connectivity index (χ0v) is 5.86. The van der Waals surface area contributed by atoms with Gasteiger partial charge in [-0.05, 0) is 0 Å². The number of hydrogen-bond donors (Lipinski definition) is 0. The van der Waals surface area contributed by atoms with Gasteiger partial charge in [0.2, 0.25) is 0 Å². The molecule has 3 heteroatoms. The van der Waals surface area contributed by atoms with Gasteiger partial charge in [0.1, 0.15) is 0 Å². The quantitative estimate of drug-likeness (QED) is 0.456. The standard InChI is InChI=1S/C2H3S2Se/c1-2-3-4-5/h2H,1H2. The molecule has 0 aromatic carbocycles. The summed E-state index contributed by atoms with van der Waals surface area (Å²) in [6.45, 7) is 3.47. The van der Waals surface area contributed by atoms with Crippen molar-refractivity contribution in [1.29, 1.82) is 0 Å². The Morgan fingerprint density at radius 1 is 1.80 bits per heavy atom. The van der Waals surface area contributed by atoms with Crippen molar-refractivity contribution in [2.24, 2.45) is 0 Å². The fourth-order valence-electron chi connectivity index (χ4n) is 0.0278. The summed E-state index contributed by atoms with van der Waals surface area (Å²) in [6, 6.07) is 0. The molecule has 0 aliphatic rings. The molecule has 0 aromatic rings. The molecule has 0 nitrogen and oxygen atoms in total. The van der Waals surface area contributed by atoms with Gasteiger partial charge in [0.05, 0.1) is 0 Å². The van der Waals surface area contributed by atoms with Crippen LogP contribution in [0.15, 0.2) is 12.0 Å². The van der Waals surface area contributed by atoms with Crippen LogP contribution in [0.4, 0.5) is 0 Å². The molecule has 0 spiro atoms. The van der Waals surface area contributed by atoms with Crippen molar-refractivity contribution in [2.45, 2.75) is 0 Å². The van der Waals surface area contributed by atoms with Crippen LogP contribution in [0.2, 0.25) is 0 Å². The third-order valence-corrected chi connectivity index (χ3v) is 2.45. The van der Waals surface area contributed by atoms with E-state index in [0.29, 0.717) is 0 Å². The van der Waals surface area contributed by atoms with E-state index in [2.05, 4.69) is 21.5 Å². The summed E-state index contributed by atoms with van der Waals surface area (Å²) in [6.07, 6.45) is 0. The molecule has 0 bridgehead atoms. The summed E-state index contributed by atoms with van der Waals surface area (Å²) >= 11 is 2.75.